The fourth-order valence-electron chi connectivity index (χ4n) is 1.38. The van der Waals surface area contributed by atoms with Crippen LogP contribution in [0.4, 0.5) is 0 Å². The van der Waals surface area contributed by atoms with Crippen molar-refractivity contribution < 1.29 is 9.84 Å². The molecular formula is C10H9ClO2S. The number of alkyl halides is 1. The summed E-state index contributed by atoms with van der Waals surface area (Å²) in [5, 5.41) is 10.5. The van der Waals surface area contributed by atoms with E-state index in [9.17, 15) is 5.11 Å². The second-order valence-electron chi connectivity index (χ2n) is 2.88. The average Bonchev–Trinajstić information content (AvgIpc) is 2.63. The lowest BCUT2D eigenvalue weighted by atomic mass is 10.2. The van der Waals surface area contributed by atoms with Gasteiger partial charge in [-0.3, -0.25) is 0 Å². The molecule has 0 saturated heterocycles. The number of phenolic OH excluding ortho intramolecular Hbond substituents is 1. The molecule has 1 aromatic carbocycles. The molecule has 1 aromatic heterocycles. The highest BCUT2D eigenvalue weighted by Crippen LogP contribution is 2.38. The number of thiophene rings is 1. The predicted octanol–water partition coefficient (Wildman–Crippen LogP) is 3.35. The van der Waals surface area contributed by atoms with Crippen LogP contribution in [0.3, 0.4) is 0 Å². The first-order valence-electron chi connectivity index (χ1n) is 4.10. The Morgan fingerprint density at radius 3 is 2.93 bits per heavy atom. The van der Waals surface area contributed by atoms with Crippen molar-refractivity contribution in [3.8, 4) is 11.5 Å². The highest BCUT2D eigenvalue weighted by molar-refractivity contribution is 7.19. The van der Waals surface area contributed by atoms with Crippen LogP contribution in [0, 0.1) is 0 Å². The zero-order valence-corrected chi connectivity index (χ0v) is 9.15. The largest absolute Gasteiger partial charge is 0.506 e. The van der Waals surface area contributed by atoms with Gasteiger partial charge in [-0.2, -0.15) is 0 Å². The summed E-state index contributed by atoms with van der Waals surface area (Å²) >= 11 is 7.23. The van der Waals surface area contributed by atoms with E-state index < -0.39 is 0 Å². The fourth-order valence-corrected chi connectivity index (χ4v) is 2.56. The number of halogens is 1. The minimum absolute atomic E-state index is 0.280. The molecule has 74 valence electrons. The van der Waals surface area contributed by atoms with E-state index in [1.165, 1.54) is 11.3 Å². The first-order chi connectivity index (χ1) is 6.76. The Morgan fingerprint density at radius 2 is 2.29 bits per heavy atom. The van der Waals surface area contributed by atoms with Crippen LogP contribution in [-0.2, 0) is 5.88 Å². The standard InChI is InChI=1S/C10H9ClO2S/c1-13-9-3-2-8(12)10-7(9)4-6(5-11)14-10/h2-4,12H,5H2,1H3. The maximum atomic E-state index is 9.61. The van der Waals surface area contributed by atoms with Crippen LogP contribution in [-0.4, -0.2) is 12.2 Å². The minimum atomic E-state index is 0.280. The molecule has 4 heteroatoms. The van der Waals surface area contributed by atoms with E-state index >= 15 is 0 Å². The monoisotopic (exact) mass is 228 g/mol. The Balaban J connectivity index is 2.74. The quantitative estimate of drug-likeness (QED) is 0.799. The van der Waals surface area contributed by atoms with E-state index in [0.717, 1.165) is 20.7 Å². The highest BCUT2D eigenvalue weighted by Gasteiger charge is 2.09. The molecule has 2 nitrogen and oxygen atoms in total. The van der Waals surface area contributed by atoms with E-state index in [-0.39, 0.29) is 5.75 Å². The molecule has 0 fully saturated rings. The number of phenols is 1. The molecule has 0 amide bonds. The first kappa shape index (κ1) is 9.62. The van der Waals surface area contributed by atoms with Gasteiger partial charge < -0.3 is 9.84 Å². The second-order valence-corrected chi connectivity index (χ2v) is 4.28. The van der Waals surface area contributed by atoms with Crippen LogP contribution in [0.1, 0.15) is 4.88 Å². The number of ether oxygens (including phenoxy) is 1. The van der Waals surface area contributed by atoms with E-state index in [0.29, 0.717) is 5.88 Å². The molecule has 0 aliphatic heterocycles. The molecule has 1 N–H and O–H groups in total. The zero-order chi connectivity index (χ0) is 10.1. The van der Waals surface area contributed by atoms with Gasteiger partial charge in [-0.25, -0.2) is 0 Å². The van der Waals surface area contributed by atoms with Crippen molar-refractivity contribution in [3.63, 3.8) is 0 Å². The lowest BCUT2D eigenvalue weighted by molar-refractivity contribution is 0.418. The van der Waals surface area contributed by atoms with Gasteiger partial charge in [0.2, 0.25) is 0 Å². The third-order valence-corrected chi connectivity index (χ3v) is 3.63. The fraction of sp³-hybridized carbons (Fsp3) is 0.200. The molecule has 1 heterocycles. The van der Waals surface area contributed by atoms with Gasteiger partial charge in [-0.1, -0.05) is 0 Å². The van der Waals surface area contributed by atoms with Crippen molar-refractivity contribution in [2.45, 2.75) is 5.88 Å². The van der Waals surface area contributed by atoms with Crippen LogP contribution < -0.4 is 4.74 Å². The van der Waals surface area contributed by atoms with Crippen LogP contribution in [0.5, 0.6) is 11.5 Å². The summed E-state index contributed by atoms with van der Waals surface area (Å²) in [4.78, 5) is 1.03. The van der Waals surface area contributed by atoms with Gasteiger partial charge in [0.25, 0.3) is 0 Å². The number of benzene rings is 1. The maximum absolute atomic E-state index is 9.61. The topological polar surface area (TPSA) is 29.5 Å². The summed E-state index contributed by atoms with van der Waals surface area (Å²) in [6, 6.07) is 5.34. The van der Waals surface area contributed by atoms with Gasteiger partial charge in [-0.05, 0) is 18.2 Å². The van der Waals surface area contributed by atoms with E-state index in [1.807, 2.05) is 6.07 Å². The Morgan fingerprint density at radius 1 is 1.50 bits per heavy atom. The van der Waals surface area contributed by atoms with Gasteiger partial charge in [0.15, 0.2) is 0 Å². The molecule has 14 heavy (non-hydrogen) atoms. The van der Waals surface area contributed by atoms with Crippen molar-refractivity contribution in [3.05, 3.63) is 23.1 Å². The zero-order valence-electron chi connectivity index (χ0n) is 7.58. The molecule has 0 radical (unpaired) electrons. The Hall–Kier alpha value is -0.930. The molecule has 0 bridgehead atoms. The molecule has 0 aliphatic carbocycles. The lowest BCUT2D eigenvalue weighted by Gasteiger charge is -2.01. The summed E-state index contributed by atoms with van der Waals surface area (Å²) in [7, 11) is 1.61. The number of aromatic hydroxyl groups is 1. The highest BCUT2D eigenvalue weighted by atomic mass is 35.5. The predicted molar refractivity (Wildman–Crippen MR) is 59.6 cm³/mol. The molecule has 2 rings (SSSR count). The van der Waals surface area contributed by atoms with Gasteiger partial charge in [-0.15, -0.1) is 22.9 Å². The van der Waals surface area contributed by atoms with Crippen molar-refractivity contribution >= 4 is 33.0 Å². The maximum Gasteiger partial charge on any atom is 0.133 e. The Kier molecular flexibility index (Phi) is 2.52. The summed E-state index contributed by atoms with van der Waals surface area (Å²) in [5.41, 5.74) is 0. The number of hydrogen-bond donors (Lipinski definition) is 1. The van der Waals surface area contributed by atoms with Crippen LogP contribution >= 0.6 is 22.9 Å². The molecular weight excluding hydrogens is 220 g/mol. The molecule has 0 aliphatic rings. The third-order valence-electron chi connectivity index (χ3n) is 2.03. The normalized spacial score (nSPS) is 10.7. The average molecular weight is 229 g/mol. The van der Waals surface area contributed by atoms with Crippen molar-refractivity contribution in [1.82, 2.24) is 0 Å². The van der Waals surface area contributed by atoms with E-state index in [2.05, 4.69) is 0 Å². The number of rotatable bonds is 2. The molecule has 2 aromatic rings. The summed E-state index contributed by atoms with van der Waals surface area (Å²) in [5.74, 6) is 1.51. The van der Waals surface area contributed by atoms with Gasteiger partial charge >= 0.3 is 0 Å². The lowest BCUT2D eigenvalue weighted by Crippen LogP contribution is -1.81. The molecule has 0 spiro atoms. The van der Waals surface area contributed by atoms with Gasteiger partial charge in [0, 0.05) is 10.3 Å². The van der Waals surface area contributed by atoms with Crippen LogP contribution in [0.15, 0.2) is 18.2 Å². The number of hydrogen-bond acceptors (Lipinski definition) is 3. The Bertz CT molecular complexity index is 464. The summed E-state index contributed by atoms with van der Waals surface area (Å²) in [6.45, 7) is 0. The Labute approximate surface area is 90.7 Å². The number of fused-ring (bicyclic) bond motifs is 1. The molecule has 0 saturated carbocycles. The first-order valence-corrected chi connectivity index (χ1v) is 5.45. The van der Waals surface area contributed by atoms with Crippen LogP contribution in [0.2, 0.25) is 0 Å². The van der Waals surface area contributed by atoms with E-state index in [1.54, 1.807) is 19.2 Å². The van der Waals surface area contributed by atoms with Crippen molar-refractivity contribution in [1.29, 1.82) is 0 Å². The van der Waals surface area contributed by atoms with E-state index in [4.69, 9.17) is 16.3 Å². The summed E-state index contributed by atoms with van der Waals surface area (Å²) < 4.78 is 6.03. The van der Waals surface area contributed by atoms with Crippen molar-refractivity contribution in [2.75, 3.05) is 7.11 Å². The summed E-state index contributed by atoms with van der Waals surface area (Å²) in [6.07, 6.45) is 0. The number of methoxy groups -OCH3 is 1. The minimum Gasteiger partial charge on any atom is -0.506 e. The molecule has 0 atom stereocenters. The second kappa shape index (κ2) is 3.67. The van der Waals surface area contributed by atoms with Crippen LogP contribution in [0.25, 0.3) is 10.1 Å². The third kappa shape index (κ3) is 1.42. The molecule has 0 unspecified atom stereocenters. The SMILES string of the molecule is COc1ccc(O)c2sc(CCl)cc12. The van der Waals surface area contributed by atoms with Gasteiger partial charge in [0.05, 0.1) is 17.7 Å². The smallest absolute Gasteiger partial charge is 0.133 e. The van der Waals surface area contributed by atoms with Crippen molar-refractivity contribution in [2.24, 2.45) is 0 Å². The van der Waals surface area contributed by atoms with Gasteiger partial charge in [0.1, 0.15) is 11.5 Å².